The molecule has 1 amide bonds. The molecule has 0 aliphatic heterocycles. The fraction of sp³-hybridized carbons (Fsp3) is 0.500. The van der Waals surface area contributed by atoms with Gasteiger partial charge in [0.05, 0.1) is 6.04 Å². The molecule has 1 aromatic carbocycles. The van der Waals surface area contributed by atoms with Crippen LogP contribution in [0.5, 0.6) is 0 Å². The van der Waals surface area contributed by atoms with Crippen LogP contribution in [0.1, 0.15) is 38.3 Å². The predicted octanol–water partition coefficient (Wildman–Crippen LogP) is 2.52. The van der Waals surface area contributed by atoms with E-state index < -0.39 is 11.6 Å². The van der Waals surface area contributed by atoms with Crippen LogP contribution in [0, 0.1) is 17.6 Å². The lowest BCUT2D eigenvalue weighted by Crippen LogP contribution is -2.30. The topological polar surface area (TPSA) is 55.1 Å². The molecule has 19 heavy (non-hydrogen) atoms. The van der Waals surface area contributed by atoms with Crippen molar-refractivity contribution in [1.82, 2.24) is 5.32 Å². The number of benzene rings is 1. The molecule has 0 aromatic heterocycles. The number of amides is 1. The van der Waals surface area contributed by atoms with E-state index in [1.165, 1.54) is 6.07 Å². The van der Waals surface area contributed by atoms with Crippen molar-refractivity contribution in [3.05, 3.63) is 35.4 Å². The second kappa shape index (κ2) is 7.19. The first-order chi connectivity index (χ1) is 8.97. The monoisotopic (exact) mass is 270 g/mol. The minimum absolute atomic E-state index is 0.130. The number of halogens is 2. The van der Waals surface area contributed by atoms with Crippen LogP contribution < -0.4 is 11.1 Å². The Bertz CT molecular complexity index is 433. The lowest BCUT2D eigenvalue weighted by atomic mass is 10.0. The van der Waals surface area contributed by atoms with Crippen molar-refractivity contribution in [2.24, 2.45) is 11.7 Å². The molecule has 0 fully saturated rings. The highest BCUT2D eigenvalue weighted by atomic mass is 19.2. The molecule has 0 saturated heterocycles. The van der Waals surface area contributed by atoms with Crippen molar-refractivity contribution in [3.63, 3.8) is 0 Å². The van der Waals surface area contributed by atoms with E-state index in [9.17, 15) is 13.6 Å². The van der Waals surface area contributed by atoms with E-state index in [2.05, 4.69) is 5.32 Å². The average Bonchev–Trinajstić information content (AvgIpc) is 2.38. The first kappa shape index (κ1) is 15.6. The number of carbonyl (C=O) groups is 1. The van der Waals surface area contributed by atoms with E-state index in [0.717, 1.165) is 18.6 Å². The van der Waals surface area contributed by atoms with Crippen LogP contribution in [0.3, 0.4) is 0 Å². The van der Waals surface area contributed by atoms with Crippen molar-refractivity contribution in [2.45, 2.75) is 32.7 Å². The third kappa shape index (κ3) is 4.59. The molecular formula is C14H20F2N2O. The van der Waals surface area contributed by atoms with E-state index in [1.807, 2.05) is 6.92 Å². The highest BCUT2D eigenvalue weighted by Gasteiger charge is 2.15. The molecular weight excluding hydrogens is 250 g/mol. The predicted molar refractivity (Wildman–Crippen MR) is 70.4 cm³/mol. The second-order valence-corrected chi connectivity index (χ2v) is 4.68. The lowest BCUT2D eigenvalue weighted by Gasteiger charge is -2.17. The van der Waals surface area contributed by atoms with E-state index in [1.54, 1.807) is 6.92 Å². The molecule has 0 bridgehead atoms. The van der Waals surface area contributed by atoms with Gasteiger partial charge in [-0.25, -0.2) is 8.78 Å². The molecule has 1 rings (SSSR count). The van der Waals surface area contributed by atoms with Crippen molar-refractivity contribution < 1.29 is 13.6 Å². The molecule has 3 nitrogen and oxygen atoms in total. The number of hydrogen-bond acceptors (Lipinski definition) is 2. The van der Waals surface area contributed by atoms with Gasteiger partial charge in [0.1, 0.15) is 0 Å². The van der Waals surface area contributed by atoms with Crippen LogP contribution in [-0.4, -0.2) is 12.5 Å². The zero-order valence-electron chi connectivity index (χ0n) is 11.2. The Labute approximate surface area is 112 Å². The van der Waals surface area contributed by atoms with Gasteiger partial charge in [-0.3, -0.25) is 4.79 Å². The second-order valence-electron chi connectivity index (χ2n) is 4.68. The van der Waals surface area contributed by atoms with Gasteiger partial charge in [0.25, 0.3) is 0 Å². The molecule has 0 aliphatic carbocycles. The Hall–Kier alpha value is -1.49. The normalized spacial score (nSPS) is 13.9. The Kier molecular flexibility index (Phi) is 5.89. The Morgan fingerprint density at radius 3 is 2.58 bits per heavy atom. The number of nitrogens with one attached hydrogen (secondary N) is 1. The molecule has 0 radical (unpaired) electrons. The van der Waals surface area contributed by atoms with Gasteiger partial charge in [-0.2, -0.15) is 0 Å². The summed E-state index contributed by atoms with van der Waals surface area (Å²) in [7, 11) is 0. The molecule has 2 unspecified atom stereocenters. The smallest absolute Gasteiger partial charge is 0.220 e. The SMILES string of the molecule is CCC(CN)CC(=O)NC(C)c1ccc(F)c(F)c1. The van der Waals surface area contributed by atoms with Gasteiger partial charge in [-0.05, 0) is 37.1 Å². The molecule has 106 valence electrons. The summed E-state index contributed by atoms with van der Waals surface area (Å²) in [6.45, 7) is 4.17. The Balaban J connectivity index is 2.61. The van der Waals surface area contributed by atoms with Gasteiger partial charge in [0.15, 0.2) is 11.6 Å². The van der Waals surface area contributed by atoms with E-state index in [4.69, 9.17) is 5.73 Å². The zero-order chi connectivity index (χ0) is 14.4. The van der Waals surface area contributed by atoms with Gasteiger partial charge >= 0.3 is 0 Å². The van der Waals surface area contributed by atoms with Crippen molar-refractivity contribution in [3.8, 4) is 0 Å². The maximum atomic E-state index is 13.1. The molecule has 0 heterocycles. The van der Waals surface area contributed by atoms with Crippen molar-refractivity contribution >= 4 is 5.91 Å². The minimum atomic E-state index is -0.910. The largest absolute Gasteiger partial charge is 0.350 e. The first-order valence-electron chi connectivity index (χ1n) is 6.42. The zero-order valence-corrected chi connectivity index (χ0v) is 11.2. The Morgan fingerprint density at radius 2 is 2.05 bits per heavy atom. The summed E-state index contributed by atoms with van der Waals surface area (Å²) in [5, 5.41) is 2.76. The van der Waals surface area contributed by atoms with Crippen LogP contribution in [0.4, 0.5) is 8.78 Å². The van der Waals surface area contributed by atoms with Crippen LogP contribution in [0.15, 0.2) is 18.2 Å². The lowest BCUT2D eigenvalue weighted by molar-refractivity contribution is -0.122. The van der Waals surface area contributed by atoms with E-state index >= 15 is 0 Å². The quantitative estimate of drug-likeness (QED) is 0.834. The van der Waals surface area contributed by atoms with Crippen LogP contribution in [0.25, 0.3) is 0 Å². The Morgan fingerprint density at radius 1 is 1.37 bits per heavy atom. The fourth-order valence-electron chi connectivity index (χ4n) is 1.82. The summed E-state index contributed by atoms with van der Waals surface area (Å²) >= 11 is 0. The minimum Gasteiger partial charge on any atom is -0.350 e. The number of rotatable bonds is 6. The van der Waals surface area contributed by atoms with Crippen LogP contribution >= 0.6 is 0 Å². The highest BCUT2D eigenvalue weighted by Crippen LogP contribution is 2.16. The first-order valence-corrected chi connectivity index (χ1v) is 6.42. The van der Waals surface area contributed by atoms with Crippen molar-refractivity contribution in [1.29, 1.82) is 0 Å². The molecule has 0 spiro atoms. The maximum absolute atomic E-state index is 13.1. The van der Waals surface area contributed by atoms with Gasteiger partial charge in [0, 0.05) is 6.42 Å². The molecule has 0 aliphatic rings. The molecule has 0 saturated carbocycles. The molecule has 1 aromatic rings. The fourth-order valence-corrected chi connectivity index (χ4v) is 1.82. The molecule has 2 atom stereocenters. The van der Waals surface area contributed by atoms with Gasteiger partial charge in [-0.15, -0.1) is 0 Å². The number of hydrogen-bond donors (Lipinski definition) is 2. The third-order valence-electron chi connectivity index (χ3n) is 3.21. The van der Waals surface area contributed by atoms with Crippen LogP contribution in [0.2, 0.25) is 0 Å². The summed E-state index contributed by atoms with van der Waals surface area (Å²) in [4.78, 5) is 11.8. The van der Waals surface area contributed by atoms with E-state index in [0.29, 0.717) is 18.5 Å². The summed E-state index contributed by atoms with van der Waals surface area (Å²) in [6, 6.07) is 3.25. The highest BCUT2D eigenvalue weighted by molar-refractivity contribution is 5.76. The summed E-state index contributed by atoms with van der Waals surface area (Å²) in [5.41, 5.74) is 6.07. The van der Waals surface area contributed by atoms with Crippen molar-refractivity contribution in [2.75, 3.05) is 6.54 Å². The third-order valence-corrected chi connectivity index (χ3v) is 3.21. The summed E-state index contributed by atoms with van der Waals surface area (Å²) in [5.74, 6) is -1.78. The summed E-state index contributed by atoms with van der Waals surface area (Å²) < 4.78 is 25.9. The number of carbonyl (C=O) groups excluding carboxylic acids is 1. The van der Waals surface area contributed by atoms with E-state index in [-0.39, 0.29) is 17.9 Å². The standard InChI is InChI=1S/C14H20F2N2O/c1-3-10(8-17)6-14(19)18-9(2)11-4-5-12(15)13(16)7-11/h4-5,7,9-10H,3,6,8,17H2,1-2H3,(H,18,19). The van der Waals surface area contributed by atoms with Gasteiger partial charge in [-0.1, -0.05) is 19.4 Å². The van der Waals surface area contributed by atoms with Gasteiger partial charge < -0.3 is 11.1 Å². The number of nitrogens with two attached hydrogens (primary N) is 1. The van der Waals surface area contributed by atoms with Gasteiger partial charge in [0.2, 0.25) is 5.91 Å². The van der Waals surface area contributed by atoms with Crippen LogP contribution in [-0.2, 0) is 4.79 Å². The average molecular weight is 270 g/mol. The molecule has 3 N–H and O–H groups in total. The molecule has 5 heteroatoms. The summed E-state index contributed by atoms with van der Waals surface area (Å²) in [6.07, 6.45) is 1.19. The maximum Gasteiger partial charge on any atom is 0.220 e.